The Labute approximate surface area is 210 Å². The summed E-state index contributed by atoms with van der Waals surface area (Å²) in [6.07, 6.45) is -1.54. The highest BCUT2D eigenvalue weighted by Crippen LogP contribution is 2.40. The Morgan fingerprint density at radius 3 is 2.34 bits per heavy atom. The third-order valence-electron chi connectivity index (χ3n) is 5.30. The number of alkyl halides is 3. The van der Waals surface area contributed by atoms with Gasteiger partial charge in [0.2, 0.25) is 0 Å². The first-order chi connectivity index (χ1) is 16.5. The molecule has 2 N–H and O–H groups in total. The quantitative estimate of drug-likeness (QED) is 0.304. The van der Waals surface area contributed by atoms with Crippen LogP contribution in [-0.2, 0) is 13.1 Å². The molecule has 0 saturated carbocycles. The molecule has 0 aliphatic carbocycles. The molecule has 0 bridgehead atoms. The number of rotatable bonds is 6. The van der Waals surface area contributed by atoms with Gasteiger partial charge in [0.25, 0.3) is 0 Å². The van der Waals surface area contributed by atoms with Gasteiger partial charge in [-0.1, -0.05) is 59.6 Å². The highest BCUT2D eigenvalue weighted by atomic mass is 35.5. The minimum atomic E-state index is -4.46. The predicted octanol–water partition coefficient (Wildman–Crippen LogP) is 6.79. The summed E-state index contributed by atoms with van der Waals surface area (Å²) in [4.78, 5) is 6.37. The first-order valence-corrected chi connectivity index (χ1v) is 11.4. The van der Waals surface area contributed by atoms with E-state index in [4.69, 9.17) is 28.9 Å². The van der Waals surface area contributed by atoms with Crippen LogP contribution in [0.1, 0.15) is 5.56 Å². The van der Waals surface area contributed by atoms with E-state index < -0.39 is 12.7 Å². The van der Waals surface area contributed by atoms with E-state index in [0.717, 1.165) is 27.9 Å². The molecule has 4 aromatic rings. The highest BCUT2D eigenvalue weighted by molar-refractivity contribution is 6.43. The van der Waals surface area contributed by atoms with Gasteiger partial charge in [0.1, 0.15) is 18.1 Å². The molecule has 0 aliphatic rings. The minimum Gasteiger partial charge on any atom is -0.383 e. The molecule has 4 rings (SSSR count). The zero-order valence-electron chi connectivity index (χ0n) is 18.9. The number of nitrogens with zero attached hydrogens (tertiary/aromatic N) is 4. The summed E-state index contributed by atoms with van der Waals surface area (Å²) < 4.78 is 40.3. The Hall–Kier alpha value is -3.07. The molecular weight excluding hydrogens is 498 g/mol. The van der Waals surface area contributed by atoms with E-state index in [-0.39, 0.29) is 21.6 Å². The van der Waals surface area contributed by atoms with Crippen molar-refractivity contribution in [3.63, 3.8) is 0 Å². The Morgan fingerprint density at radius 2 is 1.69 bits per heavy atom. The molecule has 0 aliphatic heterocycles. The van der Waals surface area contributed by atoms with Crippen LogP contribution in [0.2, 0.25) is 10.0 Å². The van der Waals surface area contributed by atoms with Crippen molar-refractivity contribution in [3.05, 3.63) is 76.5 Å². The maximum absolute atomic E-state index is 13.2. The van der Waals surface area contributed by atoms with Crippen LogP contribution in [0.15, 0.2) is 60.9 Å². The van der Waals surface area contributed by atoms with E-state index in [1.165, 1.54) is 6.20 Å². The first-order valence-electron chi connectivity index (χ1n) is 10.6. The summed E-state index contributed by atoms with van der Waals surface area (Å²) >= 11 is 12.6. The number of hydrogen-bond donors (Lipinski definition) is 1. The fourth-order valence-corrected chi connectivity index (χ4v) is 4.19. The summed E-state index contributed by atoms with van der Waals surface area (Å²) in [6, 6.07) is 14.7. The number of aromatic nitrogens is 3. The number of halogens is 5. The van der Waals surface area contributed by atoms with Gasteiger partial charge >= 0.3 is 6.18 Å². The fourth-order valence-electron chi connectivity index (χ4n) is 3.78. The molecule has 0 spiro atoms. The Balaban J connectivity index is 1.83. The SMILES string of the molecule is CN(C)Cc1ccc(-c2cnc(N)c(-c3nn(CC(F)(F)F)cc3-c3cccc(Cl)c3Cl)c2)cc1. The van der Waals surface area contributed by atoms with Crippen molar-refractivity contribution in [2.24, 2.45) is 0 Å². The second-order valence-electron chi connectivity index (χ2n) is 8.40. The lowest BCUT2D eigenvalue weighted by molar-refractivity contribution is -0.142. The Bertz CT molecular complexity index is 1350. The molecule has 2 aromatic heterocycles. The maximum atomic E-state index is 13.2. The lowest BCUT2D eigenvalue weighted by atomic mass is 9.99. The van der Waals surface area contributed by atoms with E-state index in [1.807, 2.05) is 38.4 Å². The number of nitrogen functional groups attached to an aromatic ring is 1. The molecule has 182 valence electrons. The number of anilines is 1. The minimum absolute atomic E-state index is 0.134. The maximum Gasteiger partial charge on any atom is 0.408 e. The van der Waals surface area contributed by atoms with Crippen LogP contribution >= 0.6 is 23.2 Å². The smallest absolute Gasteiger partial charge is 0.383 e. The second-order valence-corrected chi connectivity index (χ2v) is 9.18. The molecule has 2 aromatic carbocycles. The highest BCUT2D eigenvalue weighted by Gasteiger charge is 2.30. The summed E-state index contributed by atoms with van der Waals surface area (Å²) in [5.74, 6) is 0.134. The van der Waals surface area contributed by atoms with E-state index in [2.05, 4.69) is 15.0 Å². The number of hydrogen-bond acceptors (Lipinski definition) is 4. The van der Waals surface area contributed by atoms with Crippen LogP contribution in [0, 0.1) is 0 Å². The summed E-state index contributed by atoms with van der Waals surface area (Å²) in [6.45, 7) is -0.468. The molecule has 35 heavy (non-hydrogen) atoms. The summed E-state index contributed by atoms with van der Waals surface area (Å²) in [5, 5.41) is 4.71. The van der Waals surface area contributed by atoms with Gasteiger partial charge < -0.3 is 10.6 Å². The molecule has 0 atom stereocenters. The molecule has 0 fully saturated rings. The fraction of sp³-hybridized carbons (Fsp3) is 0.200. The molecule has 2 heterocycles. The molecule has 0 unspecified atom stereocenters. The average molecular weight is 520 g/mol. The third kappa shape index (κ3) is 5.78. The normalized spacial score (nSPS) is 11.9. The van der Waals surface area contributed by atoms with Crippen molar-refractivity contribution in [1.82, 2.24) is 19.7 Å². The molecule has 10 heteroatoms. The van der Waals surface area contributed by atoms with Crippen LogP contribution in [0.25, 0.3) is 33.5 Å². The second kappa shape index (κ2) is 9.89. The Morgan fingerprint density at radius 1 is 0.971 bits per heavy atom. The lowest BCUT2D eigenvalue weighted by Crippen LogP contribution is -2.18. The van der Waals surface area contributed by atoms with Crippen molar-refractivity contribution in [3.8, 4) is 33.5 Å². The topological polar surface area (TPSA) is 60.0 Å². The van der Waals surface area contributed by atoms with Crippen LogP contribution in [0.3, 0.4) is 0 Å². The van der Waals surface area contributed by atoms with Crippen molar-refractivity contribution in [1.29, 1.82) is 0 Å². The molecular formula is C25H22Cl2F3N5. The van der Waals surface area contributed by atoms with Crippen LogP contribution < -0.4 is 5.73 Å². The molecule has 0 saturated heterocycles. The number of nitrogens with two attached hydrogens (primary N) is 1. The molecule has 0 amide bonds. The van der Waals surface area contributed by atoms with Gasteiger partial charge in [-0.15, -0.1) is 0 Å². The Kier molecular flexibility index (Phi) is 7.07. The zero-order chi connectivity index (χ0) is 25.3. The van der Waals surface area contributed by atoms with Gasteiger partial charge in [-0.25, -0.2) is 4.98 Å². The van der Waals surface area contributed by atoms with E-state index in [1.54, 1.807) is 30.5 Å². The van der Waals surface area contributed by atoms with Crippen molar-refractivity contribution < 1.29 is 13.2 Å². The largest absolute Gasteiger partial charge is 0.408 e. The van der Waals surface area contributed by atoms with E-state index in [0.29, 0.717) is 16.7 Å². The monoisotopic (exact) mass is 519 g/mol. The van der Waals surface area contributed by atoms with Crippen molar-refractivity contribution in [2.75, 3.05) is 19.8 Å². The predicted molar refractivity (Wildman–Crippen MR) is 134 cm³/mol. The van der Waals surface area contributed by atoms with Crippen LogP contribution in [0.4, 0.5) is 19.0 Å². The molecule has 0 radical (unpaired) electrons. The van der Waals surface area contributed by atoms with Gasteiger partial charge in [-0.3, -0.25) is 4.68 Å². The summed E-state index contributed by atoms with van der Waals surface area (Å²) in [7, 11) is 3.98. The number of pyridine rings is 1. The average Bonchev–Trinajstić information content (AvgIpc) is 3.17. The third-order valence-corrected chi connectivity index (χ3v) is 6.12. The van der Waals surface area contributed by atoms with Crippen molar-refractivity contribution >= 4 is 29.0 Å². The zero-order valence-corrected chi connectivity index (χ0v) is 20.5. The lowest BCUT2D eigenvalue weighted by Gasteiger charge is -2.12. The first kappa shape index (κ1) is 25.0. The van der Waals surface area contributed by atoms with Gasteiger partial charge in [-0.2, -0.15) is 18.3 Å². The van der Waals surface area contributed by atoms with Gasteiger partial charge in [0.05, 0.1) is 10.0 Å². The van der Waals surface area contributed by atoms with Crippen molar-refractivity contribution in [2.45, 2.75) is 19.3 Å². The van der Waals surface area contributed by atoms with E-state index in [9.17, 15) is 13.2 Å². The van der Waals surface area contributed by atoms with Gasteiger partial charge in [0.15, 0.2) is 0 Å². The van der Waals surface area contributed by atoms with Gasteiger partial charge in [-0.05, 0) is 37.4 Å². The van der Waals surface area contributed by atoms with Crippen LogP contribution in [-0.4, -0.2) is 39.9 Å². The number of benzene rings is 2. The summed E-state index contributed by atoms with van der Waals surface area (Å²) in [5.41, 5.74) is 10.4. The van der Waals surface area contributed by atoms with Gasteiger partial charge in [0, 0.05) is 41.2 Å². The van der Waals surface area contributed by atoms with E-state index >= 15 is 0 Å². The standard InChI is InChI=1S/C25H22Cl2F3N5/c1-34(2)12-15-6-8-16(9-7-15)17-10-19(24(31)32-11-17)23-20(13-35(33-23)14-25(28,29)30)18-4-3-5-21(26)22(18)27/h3-11,13H,12,14H2,1-2H3,(H2,31,32). The van der Waals surface area contributed by atoms with Crippen LogP contribution in [0.5, 0.6) is 0 Å². The molecule has 5 nitrogen and oxygen atoms in total.